The van der Waals surface area contributed by atoms with Crippen molar-refractivity contribution in [2.45, 2.75) is 9.92 Å². The largest absolute Gasteiger partial charge is 0.478 e. The average molecular weight is 283 g/mol. The second kappa shape index (κ2) is 5.26. The fraction of sp³-hybridized carbons (Fsp3) is 0. The van der Waals surface area contributed by atoms with E-state index in [0.717, 1.165) is 15.8 Å². The SMILES string of the molecule is O=C(O)c1ccc(Sc2cnnc3ccccc23)nc1. The summed E-state index contributed by atoms with van der Waals surface area (Å²) in [5.74, 6) is -0.981. The normalized spacial score (nSPS) is 10.6. The zero-order valence-electron chi connectivity index (χ0n) is 10.2. The van der Waals surface area contributed by atoms with Crippen molar-refractivity contribution < 1.29 is 9.90 Å². The lowest BCUT2D eigenvalue weighted by Crippen LogP contribution is -1.96. The number of benzene rings is 1. The van der Waals surface area contributed by atoms with E-state index >= 15 is 0 Å². The van der Waals surface area contributed by atoms with Crippen molar-refractivity contribution in [2.75, 3.05) is 0 Å². The molecule has 1 aromatic carbocycles. The number of hydrogen-bond acceptors (Lipinski definition) is 5. The van der Waals surface area contributed by atoms with Crippen LogP contribution in [0.15, 0.2) is 58.7 Å². The molecule has 0 bridgehead atoms. The maximum absolute atomic E-state index is 10.8. The summed E-state index contributed by atoms with van der Waals surface area (Å²) >= 11 is 1.43. The second-order valence-electron chi connectivity index (χ2n) is 4.02. The van der Waals surface area contributed by atoms with Gasteiger partial charge < -0.3 is 5.11 Å². The van der Waals surface area contributed by atoms with E-state index in [-0.39, 0.29) is 5.56 Å². The van der Waals surface area contributed by atoms with Gasteiger partial charge in [0, 0.05) is 16.5 Å². The first-order valence-electron chi connectivity index (χ1n) is 5.81. The number of aromatic carboxylic acids is 1. The molecule has 0 aliphatic rings. The molecular formula is C14H9N3O2S. The third-order valence-electron chi connectivity index (χ3n) is 2.71. The molecular weight excluding hydrogens is 274 g/mol. The number of nitrogens with zero attached hydrogens (tertiary/aromatic N) is 3. The van der Waals surface area contributed by atoms with Gasteiger partial charge in [0.25, 0.3) is 0 Å². The van der Waals surface area contributed by atoms with Crippen molar-refractivity contribution in [1.82, 2.24) is 15.2 Å². The Hall–Kier alpha value is -2.47. The molecule has 0 atom stereocenters. The Balaban J connectivity index is 1.95. The van der Waals surface area contributed by atoms with Gasteiger partial charge in [-0.15, -0.1) is 0 Å². The predicted molar refractivity (Wildman–Crippen MR) is 74.9 cm³/mol. The number of rotatable bonds is 3. The number of hydrogen-bond donors (Lipinski definition) is 1. The Labute approximate surface area is 118 Å². The Morgan fingerprint density at radius 3 is 2.70 bits per heavy atom. The summed E-state index contributed by atoms with van der Waals surface area (Å²) < 4.78 is 0. The van der Waals surface area contributed by atoms with Crippen LogP contribution < -0.4 is 0 Å². The van der Waals surface area contributed by atoms with Gasteiger partial charge in [0.05, 0.1) is 17.3 Å². The van der Waals surface area contributed by atoms with Gasteiger partial charge in [0.1, 0.15) is 5.03 Å². The molecule has 5 nitrogen and oxygen atoms in total. The summed E-state index contributed by atoms with van der Waals surface area (Å²) in [5.41, 5.74) is 0.992. The first-order valence-corrected chi connectivity index (χ1v) is 6.63. The zero-order valence-corrected chi connectivity index (χ0v) is 11.0. The van der Waals surface area contributed by atoms with Crippen LogP contribution in [0.2, 0.25) is 0 Å². The lowest BCUT2D eigenvalue weighted by molar-refractivity contribution is 0.0696. The van der Waals surface area contributed by atoms with Gasteiger partial charge in [-0.25, -0.2) is 9.78 Å². The molecule has 0 saturated heterocycles. The van der Waals surface area contributed by atoms with Crippen LogP contribution in [0.5, 0.6) is 0 Å². The van der Waals surface area contributed by atoms with E-state index in [2.05, 4.69) is 15.2 Å². The Bertz CT molecular complexity index is 769. The molecule has 0 aliphatic heterocycles. The summed E-state index contributed by atoms with van der Waals surface area (Å²) in [4.78, 5) is 15.9. The van der Waals surface area contributed by atoms with Crippen molar-refractivity contribution in [2.24, 2.45) is 0 Å². The van der Waals surface area contributed by atoms with Crippen LogP contribution in [0, 0.1) is 0 Å². The van der Waals surface area contributed by atoms with Crippen molar-refractivity contribution in [3.05, 3.63) is 54.4 Å². The van der Waals surface area contributed by atoms with Crippen LogP contribution in [-0.4, -0.2) is 26.3 Å². The fourth-order valence-corrected chi connectivity index (χ4v) is 2.59. The fourth-order valence-electron chi connectivity index (χ4n) is 1.74. The number of carbonyl (C=O) groups is 1. The van der Waals surface area contributed by atoms with Crippen LogP contribution in [0.4, 0.5) is 0 Å². The highest BCUT2D eigenvalue weighted by atomic mass is 32.2. The van der Waals surface area contributed by atoms with E-state index in [1.165, 1.54) is 24.0 Å². The summed E-state index contributed by atoms with van der Waals surface area (Å²) in [6.07, 6.45) is 3.03. The third kappa shape index (κ3) is 2.46. The standard InChI is InChI=1S/C14H9N3O2S/c18-14(19)9-5-6-13(15-7-9)20-12-8-16-17-11-4-2-1-3-10(11)12/h1-8H,(H,18,19). The molecule has 0 aliphatic carbocycles. The van der Waals surface area contributed by atoms with Crippen molar-refractivity contribution in [3.8, 4) is 0 Å². The molecule has 2 aromatic heterocycles. The van der Waals surface area contributed by atoms with Gasteiger partial charge in [0.2, 0.25) is 0 Å². The van der Waals surface area contributed by atoms with Crippen molar-refractivity contribution in [1.29, 1.82) is 0 Å². The lowest BCUT2D eigenvalue weighted by atomic mass is 10.2. The van der Waals surface area contributed by atoms with Crippen LogP contribution in [0.3, 0.4) is 0 Å². The maximum Gasteiger partial charge on any atom is 0.337 e. The van der Waals surface area contributed by atoms with E-state index in [0.29, 0.717) is 5.03 Å². The average Bonchev–Trinajstić information content (AvgIpc) is 2.48. The van der Waals surface area contributed by atoms with Crippen LogP contribution in [0.25, 0.3) is 10.9 Å². The van der Waals surface area contributed by atoms with Crippen LogP contribution in [-0.2, 0) is 0 Å². The lowest BCUT2D eigenvalue weighted by Gasteiger charge is -2.04. The van der Waals surface area contributed by atoms with Gasteiger partial charge >= 0.3 is 5.97 Å². The Morgan fingerprint density at radius 1 is 1.10 bits per heavy atom. The third-order valence-corrected chi connectivity index (χ3v) is 3.70. The monoisotopic (exact) mass is 283 g/mol. The van der Waals surface area contributed by atoms with Gasteiger partial charge in [-0.3, -0.25) is 0 Å². The van der Waals surface area contributed by atoms with E-state index < -0.39 is 5.97 Å². The highest BCUT2D eigenvalue weighted by Crippen LogP contribution is 2.30. The number of fused-ring (bicyclic) bond motifs is 1. The van der Waals surface area contributed by atoms with Gasteiger partial charge in [0.15, 0.2) is 0 Å². The molecule has 3 rings (SSSR count). The summed E-state index contributed by atoms with van der Waals surface area (Å²) in [6.45, 7) is 0. The molecule has 3 aromatic rings. The molecule has 0 radical (unpaired) electrons. The molecule has 2 heterocycles. The van der Waals surface area contributed by atoms with E-state index in [4.69, 9.17) is 5.11 Å². The summed E-state index contributed by atoms with van der Waals surface area (Å²) in [5, 5.41) is 18.6. The molecule has 0 amide bonds. The highest BCUT2D eigenvalue weighted by Gasteiger charge is 2.07. The minimum atomic E-state index is -0.981. The molecule has 1 N–H and O–H groups in total. The van der Waals surface area contributed by atoms with Crippen molar-refractivity contribution in [3.63, 3.8) is 0 Å². The molecule has 20 heavy (non-hydrogen) atoms. The Kier molecular flexibility index (Phi) is 3.30. The molecule has 98 valence electrons. The molecule has 0 saturated carbocycles. The number of carboxylic acids is 1. The summed E-state index contributed by atoms with van der Waals surface area (Å²) in [6, 6.07) is 10.9. The predicted octanol–water partition coefficient (Wildman–Crippen LogP) is 2.87. The molecule has 6 heteroatoms. The number of pyridine rings is 1. The minimum absolute atomic E-state index is 0.173. The number of aromatic nitrogens is 3. The maximum atomic E-state index is 10.8. The van der Waals surface area contributed by atoms with Crippen molar-refractivity contribution >= 4 is 28.6 Å². The second-order valence-corrected chi connectivity index (χ2v) is 5.08. The number of carboxylic acid groups (broad SMARTS) is 1. The van der Waals surface area contributed by atoms with E-state index in [1.807, 2.05) is 24.3 Å². The molecule has 0 spiro atoms. The Morgan fingerprint density at radius 2 is 1.95 bits per heavy atom. The van der Waals surface area contributed by atoms with Crippen LogP contribution in [0.1, 0.15) is 10.4 Å². The topological polar surface area (TPSA) is 76.0 Å². The first kappa shape index (κ1) is 12.6. The van der Waals surface area contributed by atoms with Gasteiger partial charge in [-0.05, 0) is 18.2 Å². The highest BCUT2D eigenvalue weighted by molar-refractivity contribution is 7.99. The van der Waals surface area contributed by atoms with E-state index in [1.54, 1.807) is 12.3 Å². The minimum Gasteiger partial charge on any atom is -0.478 e. The quantitative estimate of drug-likeness (QED) is 0.796. The smallest absolute Gasteiger partial charge is 0.337 e. The zero-order chi connectivity index (χ0) is 13.9. The first-order chi connectivity index (χ1) is 9.74. The molecule has 0 fully saturated rings. The molecule has 0 unspecified atom stereocenters. The van der Waals surface area contributed by atoms with E-state index in [9.17, 15) is 4.79 Å². The van der Waals surface area contributed by atoms with Gasteiger partial charge in [-0.1, -0.05) is 30.0 Å². The summed E-state index contributed by atoms with van der Waals surface area (Å²) in [7, 11) is 0. The van der Waals surface area contributed by atoms with Crippen LogP contribution >= 0.6 is 11.8 Å². The van der Waals surface area contributed by atoms with Gasteiger partial charge in [-0.2, -0.15) is 10.2 Å².